The van der Waals surface area contributed by atoms with Crippen molar-refractivity contribution >= 4 is 29.1 Å². The molecule has 3 rings (SSSR count). The summed E-state index contributed by atoms with van der Waals surface area (Å²) in [5.41, 5.74) is 2.46. The Bertz CT molecular complexity index is 1050. The van der Waals surface area contributed by atoms with Gasteiger partial charge in [-0.2, -0.15) is 4.98 Å². The molecule has 164 valence electrons. The molecule has 0 atom stereocenters. The monoisotopic (exact) mass is 452 g/mol. The molecule has 0 bridgehead atoms. The topological polar surface area (TPSA) is 79.3 Å². The van der Waals surface area contributed by atoms with Crippen LogP contribution < -0.4 is 15.4 Å². The lowest BCUT2D eigenvalue weighted by Gasteiger charge is -2.14. The van der Waals surface area contributed by atoms with Crippen molar-refractivity contribution in [1.29, 1.82) is 0 Å². The summed E-state index contributed by atoms with van der Waals surface area (Å²) in [6.07, 6.45) is -4.31. The third-order valence-electron chi connectivity index (χ3n) is 4.17. The number of ether oxygens (including phenoxy) is 1. The molecule has 1 aromatic heterocycles. The van der Waals surface area contributed by atoms with Crippen LogP contribution in [0.2, 0.25) is 5.02 Å². The number of hydrogen-bond acceptors (Lipinski definition) is 6. The highest BCUT2D eigenvalue weighted by Crippen LogP contribution is 2.30. The van der Waals surface area contributed by atoms with Crippen LogP contribution in [-0.2, 0) is 0 Å². The summed E-state index contributed by atoms with van der Waals surface area (Å²) in [7, 11) is 0. The van der Waals surface area contributed by atoms with Crippen molar-refractivity contribution in [2.45, 2.75) is 19.7 Å². The molecule has 0 amide bonds. The summed E-state index contributed by atoms with van der Waals surface area (Å²) < 4.78 is 41.8. The van der Waals surface area contributed by atoms with Gasteiger partial charge in [0.1, 0.15) is 11.6 Å². The molecular weight excluding hydrogens is 433 g/mol. The zero-order valence-corrected chi connectivity index (χ0v) is 17.3. The van der Waals surface area contributed by atoms with Crippen LogP contribution in [0.4, 0.5) is 30.6 Å². The van der Waals surface area contributed by atoms with E-state index in [2.05, 4.69) is 25.3 Å². The minimum Gasteiger partial charge on any atom is -0.406 e. The maximum absolute atomic E-state index is 12.6. The van der Waals surface area contributed by atoms with Crippen LogP contribution in [0.25, 0.3) is 11.3 Å². The third-order valence-corrected chi connectivity index (χ3v) is 4.40. The van der Waals surface area contributed by atoms with Gasteiger partial charge in [0, 0.05) is 35.5 Å². The van der Waals surface area contributed by atoms with E-state index in [1.807, 2.05) is 13.0 Å². The first-order valence-electron chi connectivity index (χ1n) is 9.37. The fourth-order valence-electron chi connectivity index (χ4n) is 2.74. The average Bonchev–Trinajstić information content (AvgIpc) is 2.70. The van der Waals surface area contributed by atoms with Crippen molar-refractivity contribution in [2.75, 3.05) is 23.8 Å². The SMILES string of the molecule is Cc1ccc(Cl)cc1Nc1cc(-c2cccc(OC(F)(F)F)c2)nc(NCCCO)n1. The van der Waals surface area contributed by atoms with Gasteiger partial charge in [0.05, 0.1) is 5.69 Å². The molecule has 6 nitrogen and oxygen atoms in total. The predicted molar refractivity (Wildman–Crippen MR) is 114 cm³/mol. The Kier molecular flexibility index (Phi) is 7.19. The molecule has 0 aliphatic carbocycles. The Balaban J connectivity index is 1.97. The number of nitrogens with one attached hydrogen (secondary N) is 2. The molecule has 0 spiro atoms. The zero-order valence-electron chi connectivity index (χ0n) is 16.5. The Labute approximate surface area is 182 Å². The third kappa shape index (κ3) is 6.73. The van der Waals surface area contributed by atoms with Gasteiger partial charge in [0.25, 0.3) is 0 Å². The van der Waals surface area contributed by atoms with E-state index in [0.29, 0.717) is 35.1 Å². The van der Waals surface area contributed by atoms with E-state index in [1.165, 1.54) is 18.2 Å². The number of aryl methyl sites for hydroxylation is 1. The van der Waals surface area contributed by atoms with E-state index < -0.39 is 6.36 Å². The quantitative estimate of drug-likeness (QED) is 0.389. The predicted octanol–water partition coefficient (Wildman–Crippen LogP) is 5.54. The molecule has 0 unspecified atom stereocenters. The van der Waals surface area contributed by atoms with E-state index in [9.17, 15) is 13.2 Å². The molecule has 2 aromatic carbocycles. The van der Waals surface area contributed by atoms with Crippen LogP contribution in [0.3, 0.4) is 0 Å². The lowest BCUT2D eigenvalue weighted by atomic mass is 10.1. The van der Waals surface area contributed by atoms with Crippen molar-refractivity contribution in [2.24, 2.45) is 0 Å². The van der Waals surface area contributed by atoms with Crippen molar-refractivity contribution in [3.05, 3.63) is 59.1 Å². The van der Waals surface area contributed by atoms with Gasteiger partial charge in [-0.3, -0.25) is 0 Å². The second kappa shape index (κ2) is 9.84. The van der Waals surface area contributed by atoms with Crippen LogP contribution in [-0.4, -0.2) is 34.6 Å². The molecule has 0 fully saturated rings. The number of aliphatic hydroxyl groups is 1. The van der Waals surface area contributed by atoms with Crippen molar-refractivity contribution in [3.63, 3.8) is 0 Å². The van der Waals surface area contributed by atoms with Gasteiger partial charge < -0.3 is 20.5 Å². The summed E-state index contributed by atoms with van der Waals surface area (Å²) in [6.45, 7) is 2.32. The summed E-state index contributed by atoms with van der Waals surface area (Å²) >= 11 is 6.08. The molecule has 0 aliphatic heterocycles. The first-order chi connectivity index (χ1) is 14.7. The smallest absolute Gasteiger partial charge is 0.406 e. The summed E-state index contributed by atoms with van der Waals surface area (Å²) in [4.78, 5) is 8.80. The van der Waals surface area contributed by atoms with Crippen molar-refractivity contribution in [3.8, 4) is 17.0 Å². The fourth-order valence-corrected chi connectivity index (χ4v) is 2.91. The van der Waals surface area contributed by atoms with Crippen LogP contribution in [0.15, 0.2) is 48.5 Å². The highest BCUT2D eigenvalue weighted by atomic mass is 35.5. The molecule has 0 saturated carbocycles. The maximum Gasteiger partial charge on any atom is 0.573 e. The lowest BCUT2D eigenvalue weighted by Crippen LogP contribution is -2.17. The highest BCUT2D eigenvalue weighted by molar-refractivity contribution is 6.30. The van der Waals surface area contributed by atoms with E-state index >= 15 is 0 Å². The molecule has 0 saturated heterocycles. The molecule has 31 heavy (non-hydrogen) atoms. The second-order valence-corrected chi connectivity index (χ2v) is 7.06. The van der Waals surface area contributed by atoms with E-state index in [4.69, 9.17) is 16.7 Å². The van der Waals surface area contributed by atoms with Gasteiger partial charge in [-0.05, 0) is 43.2 Å². The largest absolute Gasteiger partial charge is 0.573 e. The lowest BCUT2D eigenvalue weighted by molar-refractivity contribution is -0.274. The Hall–Kier alpha value is -3.04. The molecule has 10 heteroatoms. The van der Waals surface area contributed by atoms with Crippen LogP contribution in [0.5, 0.6) is 5.75 Å². The molecule has 1 heterocycles. The molecule has 0 aliphatic rings. The Morgan fingerprint density at radius 1 is 1.10 bits per heavy atom. The minimum absolute atomic E-state index is 0.00364. The second-order valence-electron chi connectivity index (χ2n) is 6.63. The summed E-state index contributed by atoms with van der Waals surface area (Å²) in [6, 6.07) is 12.5. The number of nitrogens with zero attached hydrogens (tertiary/aromatic N) is 2. The van der Waals surface area contributed by atoms with Crippen LogP contribution in [0, 0.1) is 6.92 Å². The molecule has 3 N–H and O–H groups in total. The number of rotatable bonds is 8. The van der Waals surface area contributed by atoms with Gasteiger partial charge in [0.2, 0.25) is 5.95 Å². The Morgan fingerprint density at radius 2 is 1.90 bits per heavy atom. The van der Waals surface area contributed by atoms with Crippen LogP contribution in [0.1, 0.15) is 12.0 Å². The number of halogens is 4. The van der Waals surface area contributed by atoms with Crippen molar-refractivity contribution < 1.29 is 23.0 Å². The normalized spacial score (nSPS) is 11.3. The first-order valence-corrected chi connectivity index (χ1v) is 9.74. The van der Waals surface area contributed by atoms with Gasteiger partial charge >= 0.3 is 6.36 Å². The number of aliphatic hydroxyl groups excluding tert-OH is 1. The molecular formula is C21H20ClF3N4O2. The average molecular weight is 453 g/mol. The zero-order chi connectivity index (χ0) is 22.4. The number of aromatic nitrogens is 2. The van der Waals surface area contributed by atoms with Gasteiger partial charge in [-0.25, -0.2) is 4.98 Å². The first kappa shape index (κ1) is 22.6. The fraction of sp³-hybridized carbons (Fsp3) is 0.238. The summed E-state index contributed by atoms with van der Waals surface area (Å²) in [5, 5.41) is 15.7. The minimum atomic E-state index is -4.79. The van der Waals surface area contributed by atoms with E-state index in [-0.39, 0.29) is 18.3 Å². The number of hydrogen-bond donors (Lipinski definition) is 3. The Morgan fingerprint density at radius 3 is 2.65 bits per heavy atom. The highest BCUT2D eigenvalue weighted by Gasteiger charge is 2.31. The maximum atomic E-state index is 12.6. The molecule has 3 aromatic rings. The van der Waals surface area contributed by atoms with Crippen molar-refractivity contribution in [1.82, 2.24) is 9.97 Å². The standard InChI is InChI=1S/C21H20ClF3N4O2/c1-13-6-7-15(22)11-17(13)27-19-12-18(28-20(29-19)26-8-3-9-30)14-4-2-5-16(10-14)31-21(23,24)25/h2,4-7,10-12,30H,3,8-9H2,1H3,(H2,26,27,28,29). The number of benzene rings is 2. The molecule has 0 radical (unpaired) electrons. The summed E-state index contributed by atoms with van der Waals surface area (Å²) in [5.74, 6) is 0.331. The van der Waals surface area contributed by atoms with Gasteiger partial charge in [-0.15, -0.1) is 13.2 Å². The van der Waals surface area contributed by atoms with E-state index in [0.717, 1.165) is 11.3 Å². The number of anilines is 3. The van der Waals surface area contributed by atoms with Gasteiger partial charge in [0.15, 0.2) is 0 Å². The number of alkyl halides is 3. The van der Waals surface area contributed by atoms with Gasteiger partial charge in [-0.1, -0.05) is 29.8 Å². The van der Waals surface area contributed by atoms with Crippen LogP contribution >= 0.6 is 11.6 Å². The van der Waals surface area contributed by atoms with E-state index in [1.54, 1.807) is 24.3 Å².